The molecule has 0 spiro atoms. The van der Waals surface area contributed by atoms with E-state index in [-0.39, 0.29) is 6.54 Å². The van der Waals surface area contributed by atoms with Crippen molar-refractivity contribution in [2.75, 3.05) is 12.3 Å². The van der Waals surface area contributed by atoms with Crippen molar-refractivity contribution in [3.63, 3.8) is 0 Å². The Balaban J connectivity index is 2.74. The lowest BCUT2D eigenvalue weighted by molar-refractivity contribution is 0.358. The maximum atomic E-state index is 12.7. The monoisotopic (exact) mass is 161 g/mol. The largest absolute Gasteiger partial charge is 0.375 e. The summed E-state index contributed by atoms with van der Waals surface area (Å²) in [7, 11) is 0. The summed E-state index contributed by atoms with van der Waals surface area (Å²) in [6.45, 7) is -0.0123. The van der Waals surface area contributed by atoms with Gasteiger partial charge in [0, 0.05) is 12.7 Å². The van der Waals surface area contributed by atoms with Crippen LogP contribution in [0.1, 0.15) is 11.0 Å². The molecule has 0 fully saturated rings. The van der Waals surface area contributed by atoms with Crippen LogP contribution in [0.5, 0.6) is 0 Å². The fourth-order valence-corrected chi connectivity index (χ4v) is 1.24. The van der Waals surface area contributed by atoms with Crippen LogP contribution in [-0.4, -0.2) is 11.5 Å². The number of thiazole rings is 1. The highest BCUT2D eigenvalue weighted by Crippen LogP contribution is 2.23. The third kappa shape index (κ3) is 1.43. The lowest BCUT2D eigenvalue weighted by Gasteiger charge is -1.97. The van der Waals surface area contributed by atoms with E-state index in [0.29, 0.717) is 10.0 Å². The zero-order valence-corrected chi connectivity index (χ0v) is 6.07. The lowest BCUT2D eigenvalue weighted by atomic mass is 10.3. The summed E-state index contributed by atoms with van der Waals surface area (Å²) >= 11 is 1.13. The van der Waals surface area contributed by atoms with Crippen LogP contribution in [0.2, 0.25) is 0 Å². The van der Waals surface area contributed by atoms with Crippen LogP contribution in [0.25, 0.3) is 0 Å². The molecule has 0 saturated heterocycles. The Morgan fingerprint density at radius 3 is 2.90 bits per heavy atom. The molecule has 1 aromatic rings. The second kappa shape index (κ2) is 2.94. The lowest BCUT2D eigenvalue weighted by Crippen LogP contribution is -2.05. The van der Waals surface area contributed by atoms with Crippen LogP contribution < -0.4 is 11.5 Å². The molecule has 0 aliphatic rings. The molecule has 1 unspecified atom stereocenters. The molecule has 3 nitrogen and oxygen atoms in total. The zero-order valence-electron chi connectivity index (χ0n) is 5.25. The van der Waals surface area contributed by atoms with E-state index in [1.807, 2.05) is 0 Å². The van der Waals surface area contributed by atoms with E-state index >= 15 is 0 Å². The molecule has 0 radical (unpaired) electrons. The van der Waals surface area contributed by atoms with E-state index in [2.05, 4.69) is 4.98 Å². The minimum Gasteiger partial charge on any atom is -0.375 e. The number of nitrogen functional groups attached to an aromatic ring is 1. The second-order valence-electron chi connectivity index (χ2n) is 1.80. The number of alkyl halides is 1. The Kier molecular flexibility index (Phi) is 2.18. The summed E-state index contributed by atoms with van der Waals surface area (Å²) in [5, 5.41) is 0.381. The molecule has 0 aliphatic carbocycles. The molecular formula is C5H8FN3S. The van der Waals surface area contributed by atoms with Crippen LogP contribution in [0.3, 0.4) is 0 Å². The van der Waals surface area contributed by atoms with Gasteiger partial charge in [-0.25, -0.2) is 9.37 Å². The van der Waals surface area contributed by atoms with E-state index in [9.17, 15) is 4.39 Å². The molecule has 0 bridgehead atoms. The Hall–Kier alpha value is -0.680. The molecule has 0 amide bonds. The van der Waals surface area contributed by atoms with Crippen molar-refractivity contribution >= 4 is 16.5 Å². The number of hydrogen-bond donors (Lipinski definition) is 2. The first-order valence-electron chi connectivity index (χ1n) is 2.79. The summed E-state index contributed by atoms with van der Waals surface area (Å²) in [5.74, 6) is 0. The summed E-state index contributed by atoms with van der Waals surface area (Å²) < 4.78 is 12.7. The van der Waals surface area contributed by atoms with Crippen LogP contribution in [0.4, 0.5) is 9.52 Å². The summed E-state index contributed by atoms with van der Waals surface area (Å²) in [6, 6.07) is 0. The van der Waals surface area contributed by atoms with Crippen molar-refractivity contribution in [3.8, 4) is 0 Å². The Morgan fingerprint density at radius 1 is 1.80 bits per heavy atom. The highest BCUT2D eigenvalue weighted by Gasteiger charge is 2.09. The highest BCUT2D eigenvalue weighted by atomic mass is 32.1. The molecule has 4 N–H and O–H groups in total. The molecular weight excluding hydrogens is 153 g/mol. The maximum Gasteiger partial charge on any atom is 0.180 e. The van der Waals surface area contributed by atoms with Gasteiger partial charge in [0.25, 0.3) is 0 Å². The average molecular weight is 161 g/mol. The normalized spacial score (nSPS) is 13.4. The molecule has 1 atom stereocenters. The van der Waals surface area contributed by atoms with Gasteiger partial charge in [-0.3, -0.25) is 0 Å². The van der Waals surface area contributed by atoms with Gasteiger partial charge >= 0.3 is 0 Å². The third-order valence-corrected chi connectivity index (χ3v) is 1.97. The Morgan fingerprint density at radius 2 is 2.50 bits per heavy atom. The zero-order chi connectivity index (χ0) is 7.56. The second-order valence-corrected chi connectivity index (χ2v) is 2.90. The van der Waals surface area contributed by atoms with Gasteiger partial charge in [-0.15, -0.1) is 0 Å². The van der Waals surface area contributed by atoms with Gasteiger partial charge in [-0.2, -0.15) is 0 Å². The first kappa shape index (κ1) is 7.43. The van der Waals surface area contributed by atoms with Crippen molar-refractivity contribution in [3.05, 3.63) is 11.1 Å². The fourth-order valence-electron chi connectivity index (χ4n) is 0.562. The van der Waals surface area contributed by atoms with Crippen molar-refractivity contribution in [2.24, 2.45) is 5.73 Å². The van der Waals surface area contributed by atoms with Gasteiger partial charge in [0.1, 0.15) is 6.17 Å². The van der Waals surface area contributed by atoms with Gasteiger partial charge in [0.05, 0.1) is 4.88 Å². The van der Waals surface area contributed by atoms with Gasteiger partial charge in [0.15, 0.2) is 5.13 Å². The number of anilines is 1. The SMILES string of the molecule is NCC(F)c1cnc(N)s1. The maximum absolute atomic E-state index is 12.7. The van der Waals surface area contributed by atoms with E-state index in [4.69, 9.17) is 11.5 Å². The number of halogens is 1. The average Bonchev–Trinajstić information content (AvgIpc) is 2.34. The minimum atomic E-state index is -1.12. The van der Waals surface area contributed by atoms with E-state index in [0.717, 1.165) is 11.3 Å². The van der Waals surface area contributed by atoms with E-state index < -0.39 is 6.17 Å². The highest BCUT2D eigenvalue weighted by molar-refractivity contribution is 7.15. The third-order valence-electron chi connectivity index (χ3n) is 1.06. The summed E-state index contributed by atoms with van der Waals surface area (Å²) in [4.78, 5) is 4.19. The molecule has 5 heteroatoms. The molecule has 1 rings (SSSR count). The van der Waals surface area contributed by atoms with Crippen LogP contribution in [0.15, 0.2) is 6.20 Å². The van der Waals surface area contributed by atoms with Crippen LogP contribution >= 0.6 is 11.3 Å². The van der Waals surface area contributed by atoms with Gasteiger partial charge in [-0.1, -0.05) is 11.3 Å². The predicted molar refractivity (Wildman–Crippen MR) is 39.4 cm³/mol. The Bertz CT molecular complexity index is 212. The van der Waals surface area contributed by atoms with Gasteiger partial charge in [-0.05, 0) is 0 Å². The number of nitrogens with two attached hydrogens (primary N) is 2. The molecule has 0 aromatic carbocycles. The van der Waals surface area contributed by atoms with Crippen molar-refractivity contribution in [1.82, 2.24) is 4.98 Å². The van der Waals surface area contributed by atoms with Gasteiger partial charge in [0.2, 0.25) is 0 Å². The first-order chi connectivity index (χ1) is 4.74. The number of rotatable bonds is 2. The number of nitrogens with zero attached hydrogens (tertiary/aromatic N) is 1. The molecule has 10 heavy (non-hydrogen) atoms. The smallest absolute Gasteiger partial charge is 0.180 e. The van der Waals surface area contributed by atoms with Gasteiger partial charge < -0.3 is 11.5 Å². The minimum absolute atomic E-state index is 0.0123. The van der Waals surface area contributed by atoms with Crippen LogP contribution in [0, 0.1) is 0 Å². The summed E-state index contributed by atoms with van der Waals surface area (Å²) in [6.07, 6.45) is 0.298. The molecule has 1 aromatic heterocycles. The van der Waals surface area contributed by atoms with E-state index in [1.54, 1.807) is 0 Å². The quantitative estimate of drug-likeness (QED) is 0.670. The molecule has 0 saturated carbocycles. The first-order valence-corrected chi connectivity index (χ1v) is 3.61. The number of aromatic nitrogens is 1. The van der Waals surface area contributed by atoms with Crippen molar-refractivity contribution in [2.45, 2.75) is 6.17 Å². The predicted octanol–water partition coefficient (Wildman–Crippen LogP) is 0.695. The fraction of sp³-hybridized carbons (Fsp3) is 0.400. The standard InChI is InChI=1S/C5H8FN3S/c6-3(1-7)4-2-9-5(8)10-4/h2-3H,1,7H2,(H2,8,9). The molecule has 56 valence electrons. The Labute approximate surface area is 61.9 Å². The summed E-state index contributed by atoms with van der Waals surface area (Å²) in [5.41, 5.74) is 10.3. The molecule has 0 aliphatic heterocycles. The van der Waals surface area contributed by atoms with E-state index in [1.165, 1.54) is 6.20 Å². The van der Waals surface area contributed by atoms with Crippen LogP contribution in [-0.2, 0) is 0 Å². The molecule has 1 heterocycles. The van der Waals surface area contributed by atoms with Crippen molar-refractivity contribution in [1.29, 1.82) is 0 Å². The number of hydrogen-bond acceptors (Lipinski definition) is 4. The van der Waals surface area contributed by atoms with Crippen molar-refractivity contribution < 1.29 is 4.39 Å². The topological polar surface area (TPSA) is 64.9 Å².